The van der Waals surface area contributed by atoms with Gasteiger partial charge in [-0.05, 0) is 37.8 Å². The second-order valence-electron chi connectivity index (χ2n) is 7.42. The molecule has 2 atom stereocenters. The van der Waals surface area contributed by atoms with E-state index in [4.69, 9.17) is 0 Å². The summed E-state index contributed by atoms with van der Waals surface area (Å²) in [7, 11) is 2.22. The molecule has 0 spiro atoms. The Kier molecular flexibility index (Phi) is 7.41. The Balaban J connectivity index is 2.58. The SMILES string of the molecule is CCC(C)N(C)CCNC(CC(C)(C)C)c1ccccc1. The third kappa shape index (κ3) is 7.10. The number of rotatable bonds is 8. The zero-order chi connectivity index (χ0) is 15.9. The lowest BCUT2D eigenvalue weighted by Gasteiger charge is -2.29. The van der Waals surface area contributed by atoms with Gasteiger partial charge in [-0.15, -0.1) is 0 Å². The van der Waals surface area contributed by atoms with Crippen molar-refractivity contribution in [2.75, 3.05) is 20.1 Å². The van der Waals surface area contributed by atoms with Crippen molar-refractivity contribution in [3.63, 3.8) is 0 Å². The van der Waals surface area contributed by atoms with Crippen LogP contribution in [0, 0.1) is 5.41 Å². The number of hydrogen-bond acceptors (Lipinski definition) is 2. The summed E-state index contributed by atoms with van der Waals surface area (Å²) in [5.41, 5.74) is 1.73. The number of hydrogen-bond donors (Lipinski definition) is 1. The Hall–Kier alpha value is -0.860. The van der Waals surface area contributed by atoms with E-state index in [-0.39, 0.29) is 0 Å². The van der Waals surface area contributed by atoms with E-state index >= 15 is 0 Å². The van der Waals surface area contributed by atoms with E-state index in [0.29, 0.717) is 17.5 Å². The maximum absolute atomic E-state index is 3.76. The van der Waals surface area contributed by atoms with Crippen LogP contribution >= 0.6 is 0 Å². The van der Waals surface area contributed by atoms with Crippen LogP contribution in [0.3, 0.4) is 0 Å². The van der Waals surface area contributed by atoms with Crippen molar-refractivity contribution in [3.05, 3.63) is 35.9 Å². The monoisotopic (exact) mass is 290 g/mol. The van der Waals surface area contributed by atoms with E-state index in [1.54, 1.807) is 0 Å². The molecule has 0 amide bonds. The first-order valence-corrected chi connectivity index (χ1v) is 8.32. The Bertz CT molecular complexity index is 380. The highest BCUT2D eigenvalue weighted by atomic mass is 15.1. The molecule has 2 nitrogen and oxygen atoms in total. The molecule has 2 heteroatoms. The van der Waals surface area contributed by atoms with E-state index in [0.717, 1.165) is 19.5 Å². The normalized spacial score (nSPS) is 15.2. The van der Waals surface area contributed by atoms with Crippen molar-refractivity contribution in [2.24, 2.45) is 5.41 Å². The van der Waals surface area contributed by atoms with Crippen molar-refractivity contribution in [1.29, 1.82) is 0 Å². The molecule has 0 radical (unpaired) electrons. The van der Waals surface area contributed by atoms with E-state index in [9.17, 15) is 0 Å². The highest BCUT2D eigenvalue weighted by molar-refractivity contribution is 5.19. The maximum Gasteiger partial charge on any atom is 0.0325 e. The lowest BCUT2D eigenvalue weighted by atomic mass is 9.85. The van der Waals surface area contributed by atoms with Gasteiger partial charge in [0.2, 0.25) is 0 Å². The first-order valence-electron chi connectivity index (χ1n) is 8.32. The summed E-state index contributed by atoms with van der Waals surface area (Å²) in [5, 5.41) is 3.76. The van der Waals surface area contributed by atoms with E-state index in [1.807, 2.05) is 0 Å². The molecule has 0 bridgehead atoms. The second-order valence-corrected chi connectivity index (χ2v) is 7.42. The topological polar surface area (TPSA) is 15.3 Å². The fourth-order valence-electron chi connectivity index (χ4n) is 2.55. The van der Waals surface area contributed by atoms with Crippen LogP contribution in [0.1, 0.15) is 59.1 Å². The van der Waals surface area contributed by atoms with Crippen LogP contribution in [0.4, 0.5) is 0 Å². The number of likely N-dealkylation sites (N-methyl/N-ethyl adjacent to an activating group) is 1. The average Bonchev–Trinajstić information content (AvgIpc) is 2.44. The maximum atomic E-state index is 3.76. The molecule has 0 saturated heterocycles. The summed E-state index contributed by atoms with van der Waals surface area (Å²) in [6, 6.07) is 11.9. The van der Waals surface area contributed by atoms with Crippen molar-refractivity contribution in [3.8, 4) is 0 Å². The predicted molar refractivity (Wildman–Crippen MR) is 93.6 cm³/mol. The summed E-state index contributed by atoms with van der Waals surface area (Å²) in [5.74, 6) is 0. The first kappa shape index (κ1) is 18.2. The van der Waals surface area contributed by atoms with Crippen LogP contribution in [0.2, 0.25) is 0 Å². The van der Waals surface area contributed by atoms with Gasteiger partial charge in [0.1, 0.15) is 0 Å². The minimum absolute atomic E-state index is 0.329. The van der Waals surface area contributed by atoms with Crippen molar-refractivity contribution < 1.29 is 0 Å². The third-order valence-electron chi connectivity index (χ3n) is 4.22. The van der Waals surface area contributed by atoms with Gasteiger partial charge in [0, 0.05) is 25.2 Å². The lowest BCUT2D eigenvalue weighted by Crippen LogP contribution is -2.37. The number of benzene rings is 1. The molecule has 21 heavy (non-hydrogen) atoms. The van der Waals surface area contributed by atoms with Gasteiger partial charge in [-0.3, -0.25) is 0 Å². The van der Waals surface area contributed by atoms with Crippen LogP contribution in [0.25, 0.3) is 0 Å². The number of nitrogens with zero attached hydrogens (tertiary/aromatic N) is 1. The van der Waals surface area contributed by atoms with Gasteiger partial charge in [-0.25, -0.2) is 0 Å². The minimum Gasteiger partial charge on any atom is -0.309 e. The molecule has 1 N–H and O–H groups in total. The van der Waals surface area contributed by atoms with Crippen LogP contribution in [0.5, 0.6) is 0 Å². The standard InChI is InChI=1S/C19H34N2/c1-7-16(2)21(6)14-13-20-18(15-19(3,4)5)17-11-9-8-10-12-17/h8-12,16,18,20H,7,13-15H2,1-6H3. The molecule has 2 unspecified atom stereocenters. The lowest BCUT2D eigenvalue weighted by molar-refractivity contribution is 0.240. The fourth-order valence-corrected chi connectivity index (χ4v) is 2.55. The molecule has 0 saturated carbocycles. The Morgan fingerprint density at radius 1 is 1.14 bits per heavy atom. The van der Waals surface area contributed by atoms with Crippen LogP contribution in [-0.4, -0.2) is 31.1 Å². The van der Waals surface area contributed by atoms with Gasteiger partial charge in [0.25, 0.3) is 0 Å². The van der Waals surface area contributed by atoms with Gasteiger partial charge >= 0.3 is 0 Å². The van der Waals surface area contributed by atoms with Crippen LogP contribution < -0.4 is 5.32 Å². The summed E-state index contributed by atoms with van der Waals surface area (Å²) in [4.78, 5) is 2.44. The van der Waals surface area contributed by atoms with Crippen molar-refractivity contribution in [2.45, 2.75) is 59.5 Å². The molecule has 0 aliphatic heterocycles. The molecule has 0 aliphatic rings. The Morgan fingerprint density at radius 3 is 2.29 bits per heavy atom. The van der Waals surface area contributed by atoms with Gasteiger partial charge in [-0.1, -0.05) is 58.0 Å². The molecule has 0 fully saturated rings. The smallest absolute Gasteiger partial charge is 0.0325 e. The Labute approximate surface area is 131 Å². The molecule has 0 aliphatic carbocycles. The van der Waals surface area contributed by atoms with Gasteiger partial charge < -0.3 is 10.2 Å². The Morgan fingerprint density at radius 2 is 1.76 bits per heavy atom. The van der Waals surface area contributed by atoms with E-state index in [2.05, 4.69) is 82.2 Å². The van der Waals surface area contributed by atoms with Crippen LogP contribution in [-0.2, 0) is 0 Å². The van der Waals surface area contributed by atoms with E-state index < -0.39 is 0 Å². The molecule has 120 valence electrons. The molecule has 1 rings (SSSR count). The van der Waals surface area contributed by atoms with Gasteiger partial charge in [0.05, 0.1) is 0 Å². The van der Waals surface area contributed by atoms with Gasteiger partial charge in [-0.2, -0.15) is 0 Å². The quantitative estimate of drug-likeness (QED) is 0.759. The highest BCUT2D eigenvalue weighted by Crippen LogP contribution is 2.29. The summed E-state index contributed by atoms with van der Waals surface area (Å²) >= 11 is 0. The summed E-state index contributed by atoms with van der Waals surface area (Å²) < 4.78 is 0. The number of nitrogens with one attached hydrogen (secondary N) is 1. The summed E-state index contributed by atoms with van der Waals surface area (Å²) in [6.45, 7) is 13.6. The van der Waals surface area contributed by atoms with Crippen molar-refractivity contribution >= 4 is 0 Å². The fraction of sp³-hybridized carbons (Fsp3) is 0.684. The van der Waals surface area contributed by atoms with Gasteiger partial charge in [0.15, 0.2) is 0 Å². The minimum atomic E-state index is 0.329. The molecular formula is C19H34N2. The zero-order valence-electron chi connectivity index (χ0n) is 14.8. The predicted octanol–water partition coefficient (Wildman–Crippen LogP) is 4.48. The molecule has 0 aromatic heterocycles. The largest absolute Gasteiger partial charge is 0.309 e. The molecule has 1 aromatic rings. The summed E-state index contributed by atoms with van der Waals surface area (Å²) in [6.07, 6.45) is 2.37. The zero-order valence-corrected chi connectivity index (χ0v) is 14.8. The third-order valence-corrected chi connectivity index (χ3v) is 4.22. The van der Waals surface area contributed by atoms with Crippen molar-refractivity contribution in [1.82, 2.24) is 10.2 Å². The highest BCUT2D eigenvalue weighted by Gasteiger charge is 2.20. The van der Waals surface area contributed by atoms with E-state index in [1.165, 1.54) is 12.0 Å². The first-order chi connectivity index (χ1) is 9.83. The second kappa shape index (κ2) is 8.55. The average molecular weight is 290 g/mol. The molecule has 0 heterocycles. The molecule has 1 aromatic carbocycles. The van der Waals surface area contributed by atoms with Crippen LogP contribution in [0.15, 0.2) is 30.3 Å². The molecular weight excluding hydrogens is 256 g/mol.